The molecule has 2 aliphatic heterocycles. The van der Waals surface area contributed by atoms with E-state index in [2.05, 4.69) is 15.0 Å². The van der Waals surface area contributed by atoms with Crippen LogP contribution in [0.3, 0.4) is 0 Å². The van der Waals surface area contributed by atoms with E-state index in [-0.39, 0.29) is 12.0 Å². The van der Waals surface area contributed by atoms with E-state index in [4.69, 9.17) is 9.84 Å². The van der Waals surface area contributed by atoms with Gasteiger partial charge in [-0.3, -0.25) is 4.79 Å². The van der Waals surface area contributed by atoms with Gasteiger partial charge in [0.25, 0.3) is 5.91 Å². The molecule has 8 heteroatoms. The van der Waals surface area contributed by atoms with Crippen LogP contribution in [-0.4, -0.2) is 63.3 Å². The number of aliphatic hydroxyl groups excluding tert-OH is 1. The Morgan fingerprint density at radius 3 is 2.76 bits per heavy atom. The predicted octanol–water partition coefficient (Wildman–Crippen LogP) is 2.40. The number of para-hydroxylation sites is 2. The molecule has 0 unspecified atom stereocenters. The molecule has 5 rings (SSSR count). The number of likely N-dealkylation sites (tertiary alicyclic amines) is 1. The highest BCUT2D eigenvalue weighted by Gasteiger charge is 2.30. The Morgan fingerprint density at radius 1 is 1.24 bits per heavy atom. The number of benzene rings is 1. The van der Waals surface area contributed by atoms with Gasteiger partial charge in [0.15, 0.2) is 5.82 Å². The maximum absolute atomic E-state index is 13.2. The fourth-order valence-corrected chi connectivity index (χ4v) is 3.22. The summed E-state index contributed by atoms with van der Waals surface area (Å²) in [5.41, 5.74) is 3.24. The second-order valence-electron chi connectivity index (χ2n) is 6.86. The lowest BCUT2D eigenvalue weighted by Gasteiger charge is -2.35. The number of amides is 1. The molecule has 1 fully saturated rings. The highest BCUT2D eigenvalue weighted by Crippen LogP contribution is 2.22. The first-order valence-electron chi connectivity index (χ1n) is 9.41. The molecule has 2 aromatic heterocycles. The van der Waals surface area contributed by atoms with Crippen molar-refractivity contribution in [3.05, 3.63) is 66.0 Å². The Kier molecular flexibility index (Phi) is 5.64. The van der Waals surface area contributed by atoms with E-state index in [9.17, 15) is 9.18 Å². The van der Waals surface area contributed by atoms with E-state index < -0.39 is 5.95 Å². The van der Waals surface area contributed by atoms with Gasteiger partial charge in [-0.2, -0.15) is 4.39 Å². The molecule has 1 saturated heterocycles. The summed E-state index contributed by atoms with van der Waals surface area (Å²) in [5, 5.41) is 9.13. The van der Waals surface area contributed by atoms with Crippen molar-refractivity contribution < 1.29 is 19.0 Å². The average Bonchev–Trinajstić information content (AvgIpc) is 3.17. The zero-order valence-electron chi connectivity index (χ0n) is 15.7. The van der Waals surface area contributed by atoms with Gasteiger partial charge in [0, 0.05) is 24.8 Å². The second kappa shape index (κ2) is 8.50. The molecule has 150 valence electrons. The van der Waals surface area contributed by atoms with E-state index in [1.807, 2.05) is 30.3 Å². The van der Waals surface area contributed by atoms with Crippen LogP contribution in [-0.2, 0) is 4.74 Å². The van der Waals surface area contributed by atoms with Crippen molar-refractivity contribution in [1.82, 2.24) is 19.9 Å². The quantitative estimate of drug-likeness (QED) is 0.649. The van der Waals surface area contributed by atoms with Gasteiger partial charge in [-0.05, 0) is 36.3 Å². The molecule has 0 aliphatic carbocycles. The molecular formula is C21H21FN4O3. The van der Waals surface area contributed by atoms with Crippen LogP contribution < -0.4 is 0 Å². The number of rotatable bonds is 2. The smallest absolute Gasteiger partial charge is 0.289 e. The van der Waals surface area contributed by atoms with Gasteiger partial charge in [-0.15, -0.1) is 0 Å². The molecule has 2 aliphatic rings. The lowest BCUT2D eigenvalue weighted by Crippen LogP contribution is -2.53. The number of aromatic nitrogens is 3. The average molecular weight is 396 g/mol. The molecule has 7 nitrogen and oxygen atoms in total. The topological polar surface area (TPSA) is 91.3 Å². The van der Waals surface area contributed by atoms with Gasteiger partial charge in [-0.1, -0.05) is 18.2 Å². The van der Waals surface area contributed by atoms with Crippen molar-refractivity contribution in [1.29, 1.82) is 0 Å². The Labute approximate surface area is 166 Å². The molecular weight excluding hydrogens is 375 g/mol. The molecule has 0 saturated carbocycles. The first kappa shape index (κ1) is 19.2. The Morgan fingerprint density at radius 2 is 2.07 bits per heavy atom. The fourth-order valence-electron chi connectivity index (χ4n) is 3.22. The molecule has 0 atom stereocenters. The number of carbonyl (C=O) groups is 1. The number of imidazole rings is 1. The molecule has 29 heavy (non-hydrogen) atoms. The minimum absolute atomic E-state index is 0.151. The van der Waals surface area contributed by atoms with Gasteiger partial charge in [0.1, 0.15) is 0 Å². The molecule has 4 heterocycles. The lowest BCUT2D eigenvalue weighted by atomic mass is 10.0. The molecule has 2 N–H and O–H groups in total. The van der Waals surface area contributed by atoms with Crippen LogP contribution in [0.15, 0.2) is 48.7 Å². The van der Waals surface area contributed by atoms with Crippen molar-refractivity contribution >= 4 is 22.5 Å². The van der Waals surface area contributed by atoms with E-state index in [0.29, 0.717) is 37.7 Å². The van der Waals surface area contributed by atoms with Gasteiger partial charge in [0.05, 0.1) is 30.4 Å². The van der Waals surface area contributed by atoms with Gasteiger partial charge in [-0.25, -0.2) is 9.97 Å². The van der Waals surface area contributed by atoms with Gasteiger partial charge < -0.3 is 19.7 Å². The number of β-amino-alcohol motifs (C(OH)–C–C–N with tert-alkyl or cyclic N) is 1. The van der Waals surface area contributed by atoms with Crippen LogP contribution in [0.5, 0.6) is 0 Å². The lowest BCUT2D eigenvalue weighted by molar-refractivity contribution is 0.00518. The minimum Gasteiger partial charge on any atom is -0.389 e. The number of aromatic amines is 1. The van der Waals surface area contributed by atoms with Crippen LogP contribution in [0, 0.1) is 5.95 Å². The maximum atomic E-state index is 13.2. The molecule has 1 amide bonds. The summed E-state index contributed by atoms with van der Waals surface area (Å²) in [6.45, 7) is 2.04. The predicted molar refractivity (Wildman–Crippen MR) is 106 cm³/mol. The molecule has 1 aromatic carbocycles. The van der Waals surface area contributed by atoms with E-state index in [0.717, 1.165) is 23.0 Å². The first-order chi connectivity index (χ1) is 14.1. The number of hydrogen-bond acceptors (Lipinski definition) is 5. The SMILES string of the molecule is Fc1ncccc1C1=CCOCC1.O=C(c1nc2ccccc2[nH]1)N1CC(O)C1. The Bertz CT molecular complexity index is 1010. The minimum atomic E-state index is -0.393. The number of aliphatic hydroxyl groups is 1. The van der Waals surface area contributed by atoms with Crippen LogP contribution >= 0.6 is 0 Å². The summed E-state index contributed by atoms with van der Waals surface area (Å²) < 4.78 is 18.3. The summed E-state index contributed by atoms with van der Waals surface area (Å²) in [6.07, 6.45) is 3.75. The van der Waals surface area contributed by atoms with E-state index in [1.54, 1.807) is 17.0 Å². The molecule has 0 spiro atoms. The van der Waals surface area contributed by atoms with Crippen LogP contribution in [0.4, 0.5) is 4.39 Å². The summed E-state index contributed by atoms with van der Waals surface area (Å²) in [4.78, 5) is 24.2. The first-order valence-corrected chi connectivity index (χ1v) is 9.41. The van der Waals surface area contributed by atoms with E-state index >= 15 is 0 Å². The Balaban J connectivity index is 0.000000145. The van der Waals surface area contributed by atoms with E-state index in [1.165, 1.54) is 6.20 Å². The number of carbonyl (C=O) groups excluding carboxylic acids is 1. The number of H-pyrrole nitrogens is 1. The van der Waals surface area contributed by atoms with Crippen molar-refractivity contribution in [2.24, 2.45) is 0 Å². The summed E-state index contributed by atoms with van der Waals surface area (Å²) in [6, 6.07) is 11.0. The summed E-state index contributed by atoms with van der Waals surface area (Å²) >= 11 is 0. The largest absolute Gasteiger partial charge is 0.389 e. The van der Waals surface area contributed by atoms with Crippen LogP contribution in [0.1, 0.15) is 22.6 Å². The number of hydrogen-bond donors (Lipinski definition) is 2. The maximum Gasteiger partial charge on any atom is 0.289 e. The second-order valence-corrected chi connectivity index (χ2v) is 6.86. The number of halogens is 1. The summed E-state index contributed by atoms with van der Waals surface area (Å²) in [7, 11) is 0. The van der Waals surface area contributed by atoms with Crippen molar-refractivity contribution in [3.63, 3.8) is 0 Å². The third kappa shape index (κ3) is 4.33. The fraction of sp³-hybridized carbons (Fsp3) is 0.286. The number of nitrogens with one attached hydrogen (secondary N) is 1. The van der Waals surface area contributed by atoms with Gasteiger partial charge >= 0.3 is 0 Å². The number of fused-ring (bicyclic) bond motifs is 1. The standard InChI is InChI=1S/C11H11N3O2.C10H10FNO/c15-7-5-14(6-7)11(16)10-12-8-3-1-2-4-9(8)13-10;11-10-9(2-1-5-12-10)8-3-6-13-7-4-8/h1-4,7,15H,5-6H2,(H,12,13);1-3,5H,4,6-7H2. The van der Waals surface area contributed by atoms with Crippen molar-refractivity contribution in [3.8, 4) is 0 Å². The number of pyridine rings is 1. The Hall–Kier alpha value is -3.10. The van der Waals surface area contributed by atoms with Crippen LogP contribution in [0.25, 0.3) is 16.6 Å². The number of nitrogens with zero attached hydrogens (tertiary/aromatic N) is 3. The highest BCUT2D eigenvalue weighted by molar-refractivity contribution is 5.94. The third-order valence-corrected chi connectivity index (χ3v) is 4.81. The highest BCUT2D eigenvalue weighted by atomic mass is 19.1. The van der Waals surface area contributed by atoms with Gasteiger partial charge in [0.2, 0.25) is 5.95 Å². The molecule has 0 bridgehead atoms. The normalized spacial score (nSPS) is 16.6. The number of ether oxygens (including phenoxy) is 1. The monoisotopic (exact) mass is 396 g/mol. The zero-order valence-corrected chi connectivity index (χ0v) is 15.7. The summed E-state index contributed by atoms with van der Waals surface area (Å²) in [5.74, 6) is -0.203. The van der Waals surface area contributed by atoms with Crippen molar-refractivity contribution in [2.45, 2.75) is 12.5 Å². The zero-order chi connectivity index (χ0) is 20.2. The molecule has 3 aromatic rings. The third-order valence-electron chi connectivity index (χ3n) is 4.81. The molecule has 0 radical (unpaired) electrons. The van der Waals surface area contributed by atoms with Crippen molar-refractivity contribution in [2.75, 3.05) is 26.3 Å². The van der Waals surface area contributed by atoms with Crippen LogP contribution in [0.2, 0.25) is 0 Å².